The fourth-order valence-electron chi connectivity index (χ4n) is 2.48. The molecule has 1 fully saturated rings. The molecule has 0 aromatic carbocycles. The van der Waals surface area contributed by atoms with Gasteiger partial charge in [0.2, 0.25) is 0 Å². The normalized spacial score (nSPS) is 16.8. The standard InChI is InChI=1S/C16H23NOSi/c1-19(2,3)12-11-14-9-10-16(18)17(13-14)15-7-5-4-6-8-15/h9-10,13,15H,4-8H2,1-3H3. The summed E-state index contributed by atoms with van der Waals surface area (Å²) in [5.74, 6) is 3.24. The number of nitrogens with zero attached hydrogens (tertiary/aromatic N) is 1. The maximum absolute atomic E-state index is 12.0. The van der Waals surface area contributed by atoms with Gasteiger partial charge in [0.1, 0.15) is 8.07 Å². The van der Waals surface area contributed by atoms with Gasteiger partial charge in [0, 0.05) is 23.9 Å². The van der Waals surface area contributed by atoms with E-state index >= 15 is 0 Å². The van der Waals surface area contributed by atoms with Crippen LogP contribution in [-0.4, -0.2) is 12.6 Å². The molecule has 1 heterocycles. The van der Waals surface area contributed by atoms with Crippen LogP contribution >= 0.6 is 0 Å². The Morgan fingerprint density at radius 2 is 1.84 bits per heavy atom. The minimum atomic E-state index is -1.36. The van der Waals surface area contributed by atoms with Crippen molar-refractivity contribution in [1.29, 1.82) is 0 Å². The SMILES string of the molecule is C[Si](C)(C)C#Cc1ccc(=O)n(C2CCCCC2)c1. The van der Waals surface area contributed by atoms with E-state index in [1.54, 1.807) is 6.07 Å². The fraction of sp³-hybridized carbons (Fsp3) is 0.562. The number of hydrogen-bond donors (Lipinski definition) is 0. The van der Waals surface area contributed by atoms with Crippen molar-refractivity contribution in [1.82, 2.24) is 4.57 Å². The van der Waals surface area contributed by atoms with E-state index in [1.165, 1.54) is 19.3 Å². The summed E-state index contributed by atoms with van der Waals surface area (Å²) in [6.45, 7) is 6.70. The van der Waals surface area contributed by atoms with Gasteiger partial charge in [-0.15, -0.1) is 5.54 Å². The maximum Gasteiger partial charge on any atom is 0.250 e. The Bertz CT molecular complexity index is 551. The van der Waals surface area contributed by atoms with Crippen LogP contribution in [0, 0.1) is 11.5 Å². The molecule has 0 N–H and O–H groups in total. The molecule has 1 aromatic rings. The Balaban J connectivity index is 2.28. The minimum Gasteiger partial charge on any atom is -0.311 e. The largest absolute Gasteiger partial charge is 0.311 e. The van der Waals surface area contributed by atoms with Gasteiger partial charge in [-0.05, 0) is 18.9 Å². The number of hydrogen-bond acceptors (Lipinski definition) is 1. The van der Waals surface area contributed by atoms with Crippen LogP contribution in [0.25, 0.3) is 0 Å². The second-order valence-electron chi connectivity index (χ2n) is 6.46. The van der Waals surface area contributed by atoms with Crippen molar-refractivity contribution in [2.45, 2.75) is 57.8 Å². The quantitative estimate of drug-likeness (QED) is 0.566. The molecule has 0 unspecified atom stereocenters. The lowest BCUT2D eigenvalue weighted by Gasteiger charge is -2.23. The van der Waals surface area contributed by atoms with Gasteiger partial charge in [-0.3, -0.25) is 4.79 Å². The molecule has 0 spiro atoms. The third-order valence-electron chi connectivity index (χ3n) is 3.49. The Hall–Kier alpha value is -1.27. The van der Waals surface area contributed by atoms with E-state index in [4.69, 9.17) is 0 Å². The summed E-state index contributed by atoms with van der Waals surface area (Å²) >= 11 is 0. The van der Waals surface area contributed by atoms with E-state index in [-0.39, 0.29) is 5.56 Å². The van der Waals surface area contributed by atoms with Crippen LogP contribution in [0.1, 0.15) is 43.7 Å². The van der Waals surface area contributed by atoms with E-state index in [1.807, 2.05) is 16.8 Å². The molecule has 0 radical (unpaired) electrons. The highest BCUT2D eigenvalue weighted by atomic mass is 28.3. The predicted octanol–water partition coefficient (Wildman–Crippen LogP) is 3.58. The van der Waals surface area contributed by atoms with E-state index in [2.05, 4.69) is 31.1 Å². The van der Waals surface area contributed by atoms with Gasteiger partial charge in [0.15, 0.2) is 0 Å². The summed E-state index contributed by atoms with van der Waals surface area (Å²) in [5, 5.41) is 0. The zero-order chi connectivity index (χ0) is 13.9. The highest BCUT2D eigenvalue weighted by Gasteiger charge is 2.16. The molecule has 0 amide bonds. The molecule has 0 aliphatic heterocycles. The molecule has 1 aromatic heterocycles. The molecule has 1 aliphatic carbocycles. The average molecular weight is 273 g/mol. The lowest BCUT2D eigenvalue weighted by atomic mass is 9.95. The number of rotatable bonds is 1. The van der Waals surface area contributed by atoms with Crippen LogP contribution in [0.3, 0.4) is 0 Å². The summed E-state index contributed by atoms with van der Waals surface area (Å²) in [7, 11) is -1.36. The Morgan fingerprint density at radius 3 is 2.47 bits per heavy atom. The zero-order valence-corrected chi connectivity index (χ0v) is 13.2. The summed E-state index contributed by atoms with van der Waals surface area (Å²) in [5.41, 5.74) is 4.46. The first-order chi connectivity index (χ1) is 8.96. The van der Waals surface area contributed by atoms with Crippen LogP contribution in [0.15, 0.2) is 23.1 Å². The van der Waals surface area contributed by atoms with E-state index in [9.17, 15) is 4.79 Å². The van der Waals surface area contributed by atoms with Gasteiger partial charge >= 0.3 is 0 Å². The van der Waals surface area contributed by atoms with Crippen molar-refractivity contribution in [2.75, 3.05) is 0 Å². The molecule has 3 heteroatoms. The first-order valence-corrected chi connectivity index (χ1v) is 10.7. The smallest absolute Gasteiger partial charge is 0.250 e. The number of aromatic nitrogens is 1. The molecule has 102 valence electrons. The molecule has 0 bridgehead atoms. The van der Waals surface area contributed by atoms with Gasteiger partial charge < -0.3 is 4.57 Å². The second kappa shape index (κ2) is 5.79. The van der Waals surface area contributed by atoms with Gasteiger partial charge in [-0.2, -0.15) is 0 Å². The molecule has 0 atom stereocenters. The van der Waals surface area contributed by atoms with Crippen molar-refractivity contribution in [3.05, 3.63) is 34.2 Å². The lowest BCUT2D eigenvalue weighted by molar-refractivity contribution is 0.346. The van der Waals surface area contributed by atoms with Crippen molar-refractivity contribution < 1.29 is 0 Å². The monoisotopic (exact) mass is 273 g/mol. The fourth-order valence-corrected chi connectivity index (χ4v) is 3.00. The van der Waals surface area contributed by atoms with Crippen LogP contribution in [0.2, 0.25) is 19.6 Å². The third kappa shape index (κ3) is 4.11. The highest BCUT2D eigenvalue weighted by Crippen LogP contribution is 2.26. The Morgan fingerprint density at radius 1 is 1.16 bits per heavy atom. The third-order valence-corrected chi connectivity index (χ3v) is 4.36. The van der Waals surface area contributed by atoms with E-state index in [0.29, 0.717) is 6.04 Å². The summed E-state index contributed by atoms with van der Waals surface area (Å²) in [4.78, 5) is 12.0. The van der Waals surface area contributed by atoms with Gasteiger partial charge in [-0.25, -0.2) is 0 Å². The molecular formula is C16H23NOSi. The lowest BCUT2D eigenvalue weighted by Crippen LogP contribution is -2.25. The zero-order valence-electron chi connectivity index (χ0n) is 12.2. The van der Waals surface area contributed by atoms with Gasteiger partial charge in [-0.1, -0.05) is 44.8 Å². The van der Waals surface area contributed by atoms with E-state index in [0.717, 1.165) is 18.4 Å². The minimum absolute atomic E-state index is 0.116. The Labute approximate surface area is 116 Å². The molecule has 2 nitrogen and oxygen atoms in total. The second-order valence-corrected chi connectivity index (χ2v) is 11.2. The molecule has 1 saturated carbocycles. The highest BCUT2D eigenvalue weighted by molar-refractivity contribution is 6.83. The van der Waals surface area contributed by atoms with Crippen molar-refractivity contribution in [2.24, 2.45) is 0 Å². The molecule has 2 rings (SSSR count). The topological polar surface area (TPSA) is 22.0 Å². The first-order valence-electron chi connectivity index (χ1n) is 7.21. The van der Waals surface area contributed by atoms with Crippen molar-refractivity contribution >= 4 is 8.07 Å². The molecule has 19 heavy (non-hydrogen) atoms. The van der Waals surface area contributed by atoms with Crippen molar-refractivity contribution in [3.63, 3.8) is 0 Å². The average Bonchev–Trinajstić information content (AvgIpc) is 2.38. The Kier molecular flexibility index (Phi) is 4.31. The molecule has 0 saturated heterocycles. The number of pyridine rings is 1. The summed E-state index contributed by atoms with van der Waals surface area (Å²) in [6.07, 6.45) is 8.01. The van der Waals surface area contributed by atoms with Gasteiger partial charge in [0.25, 0.3) is 5.56 Å². The maximum atomic E-state index is 12.0. The van der Waals surface area contributed by atoms with Crippen LogP contribution in [0.4, 0.5) is 0 Å². The molecule has 1 aliphatic rings. The van der Waals surface area contributed by atoms with Crippen LogP contribution in [-0.2, 0) is 0 Å². The van der Waals surface area contributed by atoms with Crippen LogP contribution in [0.5, 0.6) is 0 Å². The van der Waals surface area contributed by atoms with Gasteiger partial charge in [0.05, 0.1) is 0 Å². The molecular weight excluding hydrogens is 250 g/mol. The van der Waals surface area contributed by atoms with E-state index < -0.39 is 8.07 Å². The van der Waals surface area contributed by atoms with Crippen molar-refractivity contribution in [3.8, 4) is 11.5 Å². The summed E-state index contributed by atoms with van der Waals surface area (Å²) < 4.78 is 1.91. The first kappa shape index (κ1) is 14.1. The summed E-state index contributed by atoms with van der Waals surface area (Å²) in [6, 6.07) is 3.91. The predicted molar refractivity (Wildman–Crippen MR) is 83.0 cm³/mol. The van der Waals surface area contributed by atoms with Crippen LogP contribution < -0.4 is 5.56 Å².